The zero-order valence-electron chi connectivity index (χ0n) is 7.22. The van der Waals surface area contributed by atoms with Crippen LogP contribution in [0.5, 0.6) is 0 Å². The first kappa shape index (κ1) is 10.1. The fourth-order valence-corrected chi connectivity index (χ4v) is 1.10. The van der Waals surface area contributed by atoms with E-state index in [-0.39, 0.29) is 12.1 Å². The summed E-state index contributed by atoms with van der Waals surface area (Å²) in [6, 6.07) is 4.40. The molecular weight excluding hydrogens is 176 g/mol. The molecule has 0 atom stereocenters. The van der Waals surface area contributed by atoms with Gasteiger partial charge in [-0.05, 0) is 24.1 Å². The largest absolute Gasteiger partial charge is 0.316 e. The molecule has 0 bridgehead atoms. The molecule has 0 heterocycles. The molecule has 0 saturated carbocycles. The monoisotopic (exact) mass is 187 g/mol. The first-order valence-electron chi connectivity index (χ1n) is 3.89. The highest BCUT2D eigenvalue weighted by Crippen LogP contribution is 2.21. The van der Waals surface area contributed by atoms with Crippen molar-refractivity contribution in [2.24, 2.45) is 0 Å². The highest BCUT2D eigenvalue weighted by Gasteiger charge is 2.08. The third-order valence-electron chi connectivity index (χ3n) is 1.89. The molecule has 72 valence electrons. The molecule has 0 spiro atoms. The number of hydroxylamine groups is 1. The van der Waals surface area contributed by atoms with E-state index < -0.39 is 6.43 Å². The third-order valence-corrected chi connectivity index (χ3v) is 1.89. The highest BCUT2D eigenvalue weighted by atomic mass is 19.3. The molecule has 0 radical (unpaired) electrons. The predicted octanol–water partition coefficient (Wildman–Crippen LogP) is 2.41. The average molecular weight is 187 g/mol. The van der Waals surface area contributed by atoms with Crippen LogP contribution in [0.3, 0.4) is 0 Å². The Morgan fingerprint density at radius 1 is 1.46 bits per heavy atom. The van der Waals surface area contributed by atoms with Gasteiger partial charge in [0.25, 0.3) is 6.43 Å². The van der Waals surface area contributed by atoms with Gasteiger partial charge in [-0.3, -0.25) is 0 Å². The van der Waals surface area contributed by atoms with Crippen molar-refractivity contribution < 1.29 is 14.0 Å². The Labute approximate surface area is 75.2 Å². The van der Waals surface area contributed by atoms with E-state index in [4.69, 9.17) is 5.21 Å². The number of hydrogen-bond acceptors (Lipinski definition) is 2. The van der Waals surface area contributed by atoms with Crippen molar-refractivity contribution >= 4 is 0 Å². The molecule has 0 aliphatic rings. The van der Waals surface area contributed by atoms with Gasteiger partial charge in [0.05, 0.1) is 0 Å². The lowest BCUT2D eigenvalue weighted by Crippen LogP contribution is -2.08. The van der Waals surface area contributed by atoms with Crippen LogP contribution < -0.4 is 5.48 Å². The van der Waals surface area contributed by atoms with E-state index >= 15 is 0 Å². The fourth-order valence-electron chi connectivity index (χ4n) is 1.10. The quantitative estimate of drug-likeness (QED) is 0.712. The van der Waals surface area contributed by atoms with E-state index in [2.05, 4.69) is 0 Å². The standard InChI is InChI=1S/C9H11F2NO/c1-6-2-3-7(9(10)11)4-8(6)5-12-13/h2-4,9,12-13H,5H2,1H3. The Bertz CT molecular complexity index is 289. The molecule has 0 aliphatic heterocycles. The Morgan fingerprint density at radius 2 is 2.15 bits per heavy atom. The summed E-state index contributed by atoms with van der Waals surface area (Å²) in [7, 11) is 0. The van der Waals surface area contributed by atoms with Crippen molar-refractivity contribution in [3.63, 3.8) is 0 Å². The SMILES string of the molecule is Cc1ccc(C(F)F)cc1CNO. The molecule has 0 fully saturated rings. The molecule has 1 rings (SSSR count). The van der Waals surface area contributed by atoms with E-state index in [0.29, 0.717) is 5.56 Å². The lowest BCUT2D eigenvalue weighted by Gasteiger charge is -2.07. The lowest BCUT2D eigenvalue weighted by atomic mass is 10.1. The summed E-state index contributed by atoms with van der Waals surface area (Å²) >= 11 is 0. The zero-order chi connectivity index (χ0) is 9.84. The van der Waals surface area contributed by atoms with Crippen molar-refractivity contribution in [3.05, 3.63) is 34.9 Å². The molecule has 0 aromatic heterocycles. The first-order chi connectivity index (χ1) is 6.15. The number of nitrogens with one attached hydrogen (secondary N) is 1. The normalized spacial score (nSPS) is 10.8. The fraction of sp³-hybridized carbons (Fsp3) is 0.333. The van der Waals surface area contributed by atoms with E-state index in [1.807, 2.05) is 12.4 Å². The van der Waals surface area contributed by atoms with Crippen LogP contribution in [0.2, 0.25) is 0 Å². The summed E-state index contributed by atoms with van der Waals surface area (Å²) in [6.45, 7) is 1.99. The second kappa shape index (κ2) is 4.30. The number of alkyl halides is 2. The van der Waals surface area contributed by atoms with Crippen LogP contribution >= 0.6 is 0 Å². The first-order valence-corrected chi connectivity index (χ1v) is 3.89. The van der Waals surface area contributed by atoms with Gasteiger partial charge < -0.3 is 5.21 Å². The molecule has 0 unspecified atom stereocenters. The number of hydrogen-bond donors (Lipinski definition) is 2. The van der Waals surface area contributed by atoms with Gasteiger partial charge in [-0.15, -0.1) is 0 Å². The summed E-state index contributed by atoms with van der Waals surface area (Å²) in [6.07, 6.45) is -2.46. The number of halogens is 2. The summed E-state index contributed by atoms with van der Waals surface area (Å²) in [5.41, 5.74) is 3.49. The van der Waals surface area contributed by atoms with E-state index in [9.17, 15) is 8.78 Å². The molecule has 0 amide bonds. The lowest BCUT2D eigenvalue weighted by molar-refractivity contribution is 0.149. The topological polar surface area (TPSA) is 32.3 Å². The van der Waals surface area contributed by atoms with Crippen molar-refractivity contribution in [1.82, 2.24) is 5.48 Å². The summed E-state index contributed by atoms with van der Waals surface area (Å²) in [5, 5.41) is 8.44. The zero-order valence-corrected chi connectivity index (χ0v) is 7.22. The van der Waals surface area contributed by atoms with Gasteiger partial charge in [0.15, 0.2) is 0 Å². The summed E-state index contributed by atoms with van der Waals surface area (Å²) in [4.78, 5) is 0. The second-order valence-electron chi connectivity index (χ2n) is 2.82. The van der Waals surface area contributed by atoms with Gasteiger partial charge in [-0.1, -0.05) is 12.1 Å². The van der Waals surface area contributed by atoms with Crippen molar-refractivity contribution in [1.29, 1.82) is 0 Å². The van der Waals surface area contributed by atoms with Crippen LogP contribution in [0.15, 0.2) is 18.2 Å². The van der Waals surface area contributed by atoms with Crippen LogP contribution in [-0.4, -0.2) is 5.21 Å². The minimum Gasteiger partial charge on any atom is -0.316 e. The van der Waals surface area contributed by atoms with Gasteiger partial charge in [0.1, 0.15) is 0 Å². The Kier molecular flexibility index (Phi) is 3.33. The van der Waals surface area contributed by atoms with Gasteiger partial charge in [0.2, 0.25) is 0 Å². The third kappa shape index (κ3) is 2.47. The maximum atomic E-state index is 12.2. The number of benzene rings is 1. The van der Waals surface area contributed by atoms with E-state index in [0.717, 1.165) is 5.56 Å². The van der Waals surface area contributed by atoms with Crippen LogP contribution in [-0.2, 0) is 6.54 Å². The molecular formula is C9H11F2NO. The van der Waals surface area contributed by atoms with Gasteiger partial charge in [-0.2, -0.15) is 0 Å². The van der Waals surface area contributed by atoms with Crippen LogP contribution in [0.25, 0.3) is 0 Å². The minimum absolute atomic E-state index is 0.0177. The second-order valence-corrected chi connectivity index (χ2v) is 2.82. The van der Waals surface area contributed by atoms with Gasteiger partial charge in [-0.25, -0.2) is 14.3 Å². The molecule has 1 aromatic carbocycles. The molecule has 2 N–H and O–H groups in total. The van der Waals surface area contributed by atoms with Crippen LogP contribution in [0, 0.1) is 6.92 Å². The Hall–Kier alpha value is -1.00. The molecule has 0 aliphatic carbocycles. The number of aryl methyl sites for hydroxylation is 1. The predicted molar refractivity (Wildman–Crippen MR) is 44.8 cm³/mol. The van der Waals surface area contributed by atoms with Crippen molar-refractivity contribution in [3.8, 4) is 0 Å². The summed E-state index contributed by atoms with van der Waals surface area (Å²) < 4.78 is 24.5. The Morgan fingerprint density at radius 3 is 2.69 bits per heavy atom. The van der Waals surface area contributed by atoms with E-state index in [1.54, 1.807) is 6.07 Å². The highest BCUT2D eigenvalue weighted by molar-refractivity contribution is 5.31. The van der Waals surface area contributed by atoms with E-state index in [1.165, 1.54) is 12.1 Å². The van der Waals surface area contributed by atoms with Crippen molar-refractivity contribution in [2.45, 2.75) is 19.9 Å². The number of rotatable bonds is 3. The smallest absolute Gasteiger partial charge is 0.263 e. The van der Waals surface area contributed by atoms with Crippen molar-refractivity contribution in [2.75, 3.05) is 0 Å². The maximum absolute atomic E-state index is 12.2. The summed E-state index contributed by atoms with van der Waals surface area (Å²) in [5.74, 6) is 0. The average Bonchev–Trinajstić information content (AvgIpc) is 2.08. The van der Waals surface area contributed by atoms with Gasteiger partial charge >= 0.3 is 0 Å². The maximum Gasteiger partial charge on any atom is 0.263 e. The molecule has 2 nitrogen and oxygen atoms in total. The molecule has 0 saturated heterocycles. The molecule has 4 heteroatoms. The van der Waals surface area contributed by atoms with Gasteiger partial charge in [0, 0.05) is 12.1 Å². The Balaban J connectivity index is 2.97. The van der Waals surface area contributed by atoms with Crippen LogP contribution in [0.1, 0.15) is 23.1 Å². The molecule has 1 aromatic rings. The van der Waals surface area contributed by atoms with Crippen LogP contribution in [0.4, 0.5) is 8.78 Å². The molecule has 13 heavy (non-hydrogen) atoms. The minimum atomic E-state index is -2.46.